The molecular weight excluding hydrogens is 224 g/mol. The first-order valence-electron chi connectivity index (χ1n) is 5.39. The van der Waals surface area contributed by atoms with E-state index in [0.29, 0.717) is 12.8 Å². The van der Waals surface area contributed by atoms with Crippen LogP contribution in [0.5, 0.6) is 0 Å². The minimum atomic E-state index is -3.01. The number of sulfone groups is 1. The summed E-state index contributed by atoms with van der Waals surface area (Å²) < 4.78 is 22.3. The SMILES string of the molecule is CS(=O)(=O)CCC1(O)CCc2ccccc21. The third-order valence-corrected chi connectivity index (χ3v) is 4.16. The Hall–Kier alpha value is -0.870. The monoisotopic (exact) mass is 240 g/mol. The van der Waals surface area contributed by atoms with Crippen LogP contribution in [0.4, 0.5) is 0 Å². The van der Waals surface area contributed by atoms with E-state index in [1.54, 1.807) is 0 Å². The van der Waals surface area contributed by atoms with Crippen molar-refractivity contribution in [1.29, 1.82) is 0 Å². The van der Waals surface area contributed by atoms with Gasteiger partial charge in [0, 0.05) is 6.26 Å². The minimum absolute atomic E-state index is 0.0395. The van der Waals surface area contributed by atoms with Crippen LogP contribution in [0.25, 0.3) is 0 Å². The molecule has 88 valence electrons. The predicted molar refractivity (Wildman–Crippen MR) is 63.0 cm³/mol. The lowest BCUT2D eigenvalue weighted by Crippen LogP contribution is -2.25. The van der Waals surface area contributed by atoms with Gasteiger partial charge < -0.3 is 5.11 Å². The summed E-state index contributed by atoms with van der Waals surface area (Å²) in [4.78, 5) is 0. The Morgan fingerprint density at radius 1 is 1.38 bits per heavy atom. The van der Waals surface area contributed by atoms with Crippen molar-refractivity contribution in [1.82, 2.24) is 0 Å². The van der Waals surface area contributed by atoms with Gasteiger partial charge in [-0.15, -0.1) is 0 Å². The van der Waals surface area contributed by atoms with Crippen LogP contribution in [0.3, 0.4) is 0 Å². The molecule has 1 aromatic carbocycles. The lowest BCUT2D eigenvalue weighted by atomic mass is 9.93. The molecule has 0 amide bonds. The summed E-state index contributed by atoms with van der Waals surface area (Å²) in [5.74, 6) is 0.0395. The van der Waals surface area contributed by atoms with Crippen molar-refractivity contribution in [2.45, 2.75) is 24.9 Å². The smallest absolute Gasteiger partial charge is 0.147 e. The zero-order chi connectivity index (χ0) is 11.8. The molecule has 0 aromatic heterocycles. The second-order valence-electron chi connectivity index (χ2n) is 4.57. The molecule has 0 spiro atoms. The van der Waals surface area contributed by atoms with Gasteiger partial charge in [-0.2, -0.15) is 0 Å². The van der Waals surface area contributed by atoms with Crippen LogP contribution in [0.15, 0.2) is 24.3 Å². The topological polar surface area (TPSA) is 54.4 Å². The van der Waals surface area contributed by atoms with Gasteiger partial charge in [-0.05, 0) is 30.4 Å². The fourth-order valence-corrected chi connectivity index (χ4v) is 2.99. The van der Waals surface area contributed by atoms with Crippen molar-refractivity contribution in [2.24, 2.45) is 0 Å². The van der Waals surface area contributed by atoms with Crippen LogP contribution < -0.4 is 0 Å². The van der Waals surface area contributed by atoms with Gasteiger partial charge >= 0.3 is 0 Å². The Morgan fingerprint density at radius 2 is 2.06 bits per heavy atom. The molecule has 0 aliphatic heterocycles. The highest BCUT2D eigenvalue weighted by Gasteiger charge is 2.36. The first kappa shape index (κ1) is 11.6. The number of aliphatic hydroxyl groups is 1. The van der Waals surface area contributed by atoms with Crippen molar-refractivity contribution >= 4 is 9.84 Å². The van der Waals surface area contributed by atoms with E-state index in [2.05, 4.69) is 0 Å². The van der Waals surface area contributed by atoms with Gasteiger partial charge in [-0.1, -0.05) is 24.3 Å². The molecular formula is C12H16O3S. The van der Waals surface area contributed by atoms with E-state index < -0.39 is 15.4 Å². The average molecular weight is 240 g/mol. The Morgan fingerprint density at radius 3 is 2.75 bits per heavy atom. The Balaban J connectivity index is 2.22. The molecule has 3 nitrogen and oxygen atoms in total. The summed E-state index contributed by atoms with van der Waals surface area (Å²) in [6.45, 7) is 0. The van der Waals surface area contributed by atoms with Gasteiger partial charge in [0.1, 0.15) is 9.84 Å². The quantitative estimate of drug-likeness (QED) is 0.865. The second-order valence-corrected chi connectivity index (χ2v) is 6.83. The van der Waals surface area contributed by atoms with Crippen LogP contribution in [0, 0.1) is 0 Å². The van der Waals surface area contributed by atoms with Crippen molar-refractivity contribution in [3.05, 3.63) is 35.4 Å². The molecule has 16 heavy (non-hydrogen) atoms. The largest absolute Gasteiger partial charge is 0.385 e. The van der Waals surface area contributed by atoms with Crippen LogP contribution in [-0.2, 0) is 21.9 Å². The van der Waals surface area contributed by atoms with Gasteiger partial charge in [0.15, 0.2) is 0 Å². The van der Waals surface area contributed by atoms with Crippen molar-refractivity contribution in [3.8, 4) is 0 Å². The number of aryl methyl sites for hydroxylation is 1. The molecule has 4 heteroatoms. The fourth-order valence-electron chi connectivity index (χ4n) is 2.28. The molecule has 1 unspecified atom stereocenters. The Kier molecular flexibility index (Phi) is 2.80. The minimum Gasteiger partial charge on any atom is -0.385 e. The van der Waals surface area contributed by atoms with E-state index in [0.717, 1.165) is 17.5 Å². The van der Waals surface area contributed by atoms with Gasteiger partial charge in [0.2, 0.25) is 0 Å². The molecule has 0 fully saturated rings. The summed E-state index contributed by atoms with van der Waals surface area (Å²) in [5, 5.41) is 10.4. The maximum atomic E-state index is 11.1. The molecule has 1 atom stereocenters. The lowest BCUT2D eigenvalue weighted by molar-refractivity contribution is 0.0354. The van der Waals surface area contributed by atoms with Gasteiger partial charge in [0.05, 0.1) is 11.4 Å². The summed E-state index contributed by atoms with van der Waals surface area (Å²) in [7, 11) is -3.01. The maximum absolute atomic E-state index is 11.1. The maximum Gasteiger partial charge on any atom is 0.147 e. The number of benzene rings is 1. The molecule has 2 rings (SSSR count). The molecule has 0 bridgehead atoms. The van der Waals surface area contributed by atoms with Crippen LogP contribution in [0.1, 0.15) is 24.0 Å². The van der Waals surface area contributed by atoms with Gasteiger partial charge in [0.25, 0.3) is 0 Å². The fraction of sp³-hybridized carbons (Fsp3) is 0.500. The zero-order valence-electron chi connectivity index (χ0n) is 9.31. The number of rotatable bonds is 3. The highest BCUT2D eigenvalue weighted by atomic mass is 32.2. The zero-order valence-corrected chi connectivity index (χ0v) is 10.1. The molecule has 0 heterocycles. The summed E-state index contributed by atoms with van der Waals surface area (Å²) in [6.07, 6.45) is 2.96. The van der Waals surface area contributed by atoms with E-state index >= 15 is 0 Å². The van der Waals surface area contributed by atoms with Crippen LogP contribution in [-0.4, -0.2) is 25.5 Å². The summed E-state index contributed by atoms with van der Waals surface area (Å²) in [6, 6.07) is 7.72. The van der Waals surface area contributed by atoms with Crippen molar-refractivity contribution < 1.29 is 13.5 Å². The standard InChI is InChI=1S/C12H16O3S/c1-16(14,15)9-8-12(13)7-6-10-4-2-3-5-11(10)12/h2-5,13H,6-9H2,1H3. The van der Waals surface area contributed by atoms with Gasteiger partial charge in [-0.25, -0.2) is 8.42 Å². The van der Waals surface area contributed by atoms with Crippen molar-refractivity contribution in [3.63, 3.8) is 0 Å². The summed E-state index contributed by atoms with van der Waals surface area (Å²) >= 11 is 0. The van der Waals surface area contributed by atoms with Crippen LogP contribution >= 0.6 is 0 Å². The highest BCUT2D eigenvalue weighted by molar-refractivity contribution is 7.90. The third-order valence-electron chi connectivity index (χ3n) is 3.21. The Labute approximate surface area is 96.0 Å². The molecule has 0 radical (unpaired) electrons. The van der Waals surface area contributed by atoms with Crippen LogP contribution in [0.2, 0.25) is 0 Å². The third kappa shape index (κ3) is 2.28. The molecule has 0 saturated heterocycles. The molecule has 1 aromatic rings. The first-order chi connectivity index (χ1) is 7.41. The molecule has 1 aliphatic carbocycles. The predicted octanol–water partition coefficient (Wildman–Crippen LogP) is 1.26. The van der Waals surface area contributed by atoms with E-state index in [4.69, 9.17) is 0 Å². The second kappa shape index (κ2) is 3.86. The molecule has 0 saturated carbocycles. The Bertz CT molecular complexity index is 493. The van der Waals surface area contributed by atoms with E-state index in [9.17, 15) is 13.5 Å². The number of hydrogen-bond donors (Lipinski definition) is 1. The molecule has 1 N–H and O–H groups in total. The van der Waals surface area contributed by atoms with E-state index in [1.165, 1.54) is 6.26 Å². The summed E-state index contributed by atoms with van der Waals surface area (Å²) in [5.41, 5.74) is 1.09. The number of hydrogen-bond acceptors (Lipinski definition) is 3. The van der Waals surface area contributed by atoms with E-state index in [-0.39, 0.29) is 5.75 Å². The lowest BCUT2D eigenvalue weighted by Gasteiger charge is -2.23. The normalized spacial score (nSPS) is 24.4. The van der Waals surface area contributed by atoms with E-state index in [1.807, 2.05) is 24.3 Å². The molecule has 1 aliphatic rings. The number of fused-ring (bicyclic) bond motifs is 1. The highest BCUT2D eigenvalue weighted by Crippen LogP contribution is 2.39. The van der Waals surface area contributed by atoms with Crippen molar-refractivity contribution in [2.75, 3.05) is 12.0 Å². The van der Waals surface area contributed by atoms with Gasteiger partial charge in [-0.3, -0.25) is 0 Å². The first-order valence-corrected chi connectivity index (χ1v) is 7.45. The average Bonchev–Trinajstić information content (AvgIpc) is 2.55.